The highest BCUT2D eigenvalue weighted by Gasteiger charge is 2.33. The largest absolute Gasteiger partial charge is 0.399 e. The summed E-state index contributed by atoms with van der Waals surface area (Å²) in [4.78, 5) is 0.375. The maximum Gasteiger partial charge on any atom is 0.243 e. The van der Waals surface area contributed by atoms with Crippen LogP contribution in [0.1, 0.15) is 25.3 Å². The van der Waals surface area contributed by atoms with Crippen LogP contribution in [0, 0.1) is 6.92 Å². The van der Waals surface area contributed by atoms with Gasteiger partial charge < -0.3 is 5.73 Å². The highest BCUT2D eigenvalue weighted by atomic mass is 32.2. The Morgan fingerprint density at radius 2 is 2.12 bits per heavy atom. The topological polar surface area (TPSA) is 63.4 Å². The smallest absolute Gasteiger partial charge is 0.243 e. The first-order valence-corrected chi connectivity index (χ1v) is 7.25. The molecule has 1 unspecified atom stereocenters. The third-order valence-electron chi connectivity index (χ3n) is 3.28. The van der Waals surface area contributed by atoms with Gasteiger partial charge in [-0.2, -0.15) is 4.31 Å². The van der Waals surface area contributed by atoms with E-state index in [1.807, 2.05) is 6.92 Å². The van der Waals surface area contributed by atoms with Crippen molar-refractivity contribution in [2.45, 2.75) is 37.6 Å². The van der Waals surface area contributed by atoms with Crippen LogP contribution >= 0.6 is 0 Å². The van der Waals surface area contributed by atoms with Crippen molar-refractivity contribution in [2.24, 2.45) is 0 Å². The molecule has 17 heavy (non-hydrogen) atoms. The molecule has 1 atom stereocenters. The van der Waals surface area contributed by atoms with Gasteiger partial charge in [0.25, 0.3) is 0 Å². The number of nitrogens with two attached hydrogens (primary N) is 1. The molecule has 1 aromatic rings. The van der Waals surface area contributed by atoms with Crippen molar-refractivity contribution in [3.8, 4) is 0 Å². The van der Waals surface area contributed by atoms with Crippen molar-refractivity contribution >= 4 is 15.7 Å². The van der Waals surface area contributed by atoms with Crippen molar-refractivity contribution in [3.63, 3.8) is 0 Å². The Kier molecular flexibility index (Phi) is 3.14. The van der Waals surface area contributed by atoms with Gasteiger partial charge in [-0.05, 0) is 50.5 Å². The highest BCUT2D eigenvalue weighted by Crippen LogP contribution is 2.28. The van der Waals surface area contributed by atoms with Crippen LogP contribution in [-0.4, -0.2) is 25.3 Å². The molecule has 94 valence electrons. The Hall–Kier alpha value is -1.07. The summed E-state index contributed by atoms with van der Waals surface area (Å²) < 4.78 is 26.5. The molecule has 2 rings (SSSR count). The first-order valence-electron chi connectivity index (χ1n) is 5.81. The summed E-state index contributed by atoms with van der Waals surface area (Å²) in [7, 11) is -3.36. The van der Waals surface area contributed by atoms with Gasteiger partial charge in [-0.3, -0.25) is 0 Å². The summed E-state index contributed by atoms with van der Waals surface area (Å²) in [6.45, 7) is 4.36. The SMILES string of the molecule is Cc1cc(N)ccc1S(=O)(=O)N1CCCC1C. The third-order valence-corrected chi connectivity index (χ3v) is 5.45. The molecule has 0 aliphatic carbocycles. The summed E-state index contributed by atoms with van der Waals surface area (Å²) in [5.41, 5.74) is 6.95. The van der Waals surface area contributed by atoms with Gasteiger partial charge in [0.2, 0.25) is 10.0 Å². The predicted molar refractivity (Wildman–Crippen MR) is 68.2 cm³/mol. The minimum absolute atomic E-state index is 0.0944. The van der Waals surface area contributed by atoms with Crippen molar-refractivity contribution < 1.29 is 8.42 Å². The Morgan fingerprint density at radius 3 is 2.65 bits per heavy atom. The van der Waals surface area contributed by atoms with E-state index in [1.165, 1.54) is 0 Å². The molecule has 1 aliphatic rings. The number of nitrogen functional groups attached to an aromatic ring is 1. The zero-order valence-corrected chi connectivity index (χ0v) is 11.0. The molecule has 1 saturated heterocycles. The number of nitrogens with zero attached hydrogens (tertiary/aromatic N) is 1. The van der Waals surface area contributed by atoms with Crippen LogP contribution in [0.3, 0.4) is 0 Å². The van der Waals surface area contributed by atoms with Crippen molar-refractivity contribution in [3.05, 3.63) is 23.8 Å². The maximum absolute atomic E-state index is 12.5. The molecule has 0 aromatic heterocycles. The lowest BCUT2D eigenvalue weighted by Crippen LogP contribution is -2.34. The van der Waals surface area contributed by atoms with Gasteiger partial charge in [0.1, 0.15) is 0 Å². The van der Waals surface area contributed by atoms with Crippen molar-refractivity contribution in [2.75, 3.05) is 12.3 Å². The molecule has 0 radical (unpaired) electrons. The number of hydrogen-bond donors (Lipinski definition) is 1. The molecule has 0 spiro atoms. The van der Waals surface area contributed by atoms with Crippen molar-refractivity contribution in [1.82, 2.24) is 4.31 Å². The Bertz CT molecular complexity index is 525. The van der Waals surface area contributed by atoms with Gasteiger partial charge in [0, 0.05) is 18.3 Å². The number of sulfonamides is 1. The van der Waals surface area contributed by atoms with Gasteiger partial charge in [-0.15, -0.1) is 0 Å². The van der Waals surface area contributed by atoms with Crippen LogP contribution in [0.2, 0.25) is 0 Å². The Morgan fingerprint density at radius 1 is 1.41 bits per heavy atom. The second-order valence-corrected chi connectivity index (χ2v) is 6.49. The van der Waals surface area contributed by atoms with Gasteiger partial charge in [-0.1, -0.05) is 0 Å². The van der Waals surface area contributed by atoms with E-state index in [-0.39, 0.29) is 6.04 Å². The summed E-state index contributed by atoms with van der Waals surface area (Å²) in [5, 5.41) is 0. The number of aryl methyl sites for hydroxylation is 1. The minimum atomic E-state index is -3.36. The molecule has 0 bridgehead atoms. The second kappa shape index (κ2) is 4.31. The van der Waals surface area contributed by atoms with Crippen LogP contribution in [0.4, 0.5) is 5.69 Å². The Labute approximate surface area is 102 Å². The molecule has 0 amide bonds. The van der Waals surface area contributed by atoms with Gasteiger partial charge in [0.15, 0.2) is 0 Å². The van der Waals surface area contributed by atoms with Gasteiger partial charge in [0.05, 0.1) is 4.90 Å². The molecule has 1 aliphatic heterocycles. The van der Waals surface area contributed by atoms with E-state index in [4.69, 9.17) is 5.73 Å². The molecule has 0 saturated carbocycles. The highest BCUT2D eigenvalue weighted by molar-refractivity contribution is 7.89. The lowest BCUT2D eigenvalue weighted by Gasteiger charge is -2.22. The number of benzene rings is 1. The van der Waals surface area contributed by atoms with E-state index in [1.54, 1.807) is 29.4 Å². The zero-order valence-electron chi connectivity index (χ0n) is 10.2. The summed E-state index contributed by atoms with van der Waals surface area (Å²) >= 11 is 0. The van der Waals surface area contributed by atoms with Gasteiger partial charge in [-0.25, -0.2) is 8.42 Å². The van der Waals surface area contributed by atoms with Crippen LogP contribution in [0.15, 0.2) is 23.1 Å². The summed E-state index contributed by atoms with van der Waals surface area (Å²) in [6, 6.07) is 5.04. The fraction of sp³-hybridized carbons (Fsp3) is 0.500. The van der Waals surface area contributed by atoms with Crippen LogP contribution in [0.5, 0.6) is 0 Å². The molecule has 1 aromatic carbocycles. The average molecular weight is 254 g/mol. The zero-order chi connectivity index (χ0) is 12.6. The standard InChI is InChI=1S/C12H18N2O2S/c1-9-8-11(13)5-6-12(9)17(15,16)14-7-3-4-10(14)2/h5-6,8,10H,3-4,7,13H2,1-2H3. The van der Waals surface area contributed by atoms with E-state index in [0.717, 1.165) is 12.8 Å². The van der Waals surface area contributed by atoms with E-state index in [0.29, 0.717) is 22.7 Å². The van der Waals surface area contributed by atoms with Crippen LogP contribution in [-0.2, 0) is 10.0 Å². The summed E-state index contributed by atoms with van der Waals surface area (Å²) in [6.07, 6.45) is 1.88. The second-order valence-electron chi connectivity index (χ2n) is 4.63. The molecule has 4 nitrogen and oxygen atoms in total. The van der Waals surface area contributed by atoms with E-state index >= 15 is 0 Å². The normalized spacial score (nSPS) is 21.9. The molecular weight excluding hydrogens is 236 g/mol. The Balaban J connectivity index is 2.44. The lowest BCUT2D eigenvalue weighted by molar-refractivity contribution is 0.408. The summed E-state index contributed by atoms with van der Waals surface area (Å²) in [5.74, 6) is 0. The quantitative estimate of drug-likeness (QED) is 0.818. The average Bonchev–Trinajstić information content (AvgIpc) is 2.64. The molecule has 2 N–H and O–H groups in total. The fourth-order valence-electron chi connectivity index (χ4n) is 2.35. The number of rotatable bonds is 2. The van der Waals surface area contributed by atoms with Crippen LogP contribution < -0.4 is 5.73 Å². The van der Waals surface area contributed by atoms with Crippen LogP contribution in [0.25, 0.3) is 0 Å². The molecular formula is C12H18N2O2S. The number of hydrogen-bond acceptors (Lipinski definition) is 3. The first-order chi connectivity index (χ1) is 7.93. The lowest BCUT2D eigenvalue weighted by atomic mass is 10.2. The molecule has 1 fully saturated rings. The van der Waals surface area contributed by atoms with E-state index in [2.05, 4.69) is 0 Å². The third kappa shape index (κ3) is 2.17. The van der Waals surface area contributed by atoms with E-state index in [9.17, 15) is 8.42 Å². The maximum atomic E-state index is 12.5. The monoisotopic (exact) mass is 254 g/mol. The molecule has 5 heteroatoms. The predicted octanol–water partition coefficient (Wildman–Crippen LogP) is 1.75. The molecule has 1 heterocycles. The number of anilines is 1. The van der Waals surface area contributed by atoms with Gasteiger partial charge >= 0.3 is 0 Å². The first kappa shape index (κ1) is 12.4. The van der Waals surface area contributed by atoms with Crippen molar-refractivity contribution in [1.29, 1.82) is 0 Å². The van der Waals surface area contributed by atoms with E-state index < -0.39 is 10.0 Å². The minimum Gasteiger partial charge on any atom is -0.399 e. The fourth-order valence-corrected chi connectivity index (χ4v) is 4.26.